The van der Waals surface area contributed by atoms with E-state index < -0.39 is 15.6 Å². The van der Waals surface area contributed by atoms with Gasteiger partial charge in [-0.2, -0.15) is 4.31 Å². The van der Waals surface area contributed by atoms with Crippen molar-refractivity contribution in [1.29, 1.82) is 0 Å². The minimum atomic E-state index is -3.55. The third-order valence-corrected chi connectivity index (χ3v) is 6.11. The van der Waals surface area contributed by atoms with Crippen molar-refractivity contribution in [2.75, 3.05) is 32.7 Å². The average Bonchev–Trinajstić information content (AvgIpc) is 3.10. The minimum Gasteiger partial charge on any atom is -0.387 e. The highest BCUT2D eigenvalue weighted by Crippen LogP contribution is 2.28. The van der Waals surface area contributed by atoms with Crippen LogP contribution in [0.1, 0.15) is 19.3 Å². The number of aliphatic hydroxyl groups is 1. The van der Waals surface area contributed by atoms with Crippen molar-refractivity contribution in [1.82, 2.24) is 14.2 Å². The summed E-state index contributed by atoms with van der Waals surface area (Å²) in [7, 11) is -3.55. The average molecular weight is 311 g/mol. The van der Waals surface area contributed by atoms with Crippen LogP contribution < -0.4 is 0 Å². The van der Waals surface area contributed by atoms with E-state index in [4.69, 9.17) is 0 Å². The molecular weight excluding hydrogens is 290 g/mol. The fourth-order valence-electron chi connectivity index (χ4n) is 3.16. The zero-order chi connectivity index (χ0) is 14.9. The first kappa shape index (κ1) is 14.9. The van der Waals surface area contributed by atoms with Gasteiger partial charge >= 0.3 is 0 Å². The largest absolute Gasteiger partial charge is 0.387 e. The molecule has 2 saturated heterocycles. The molecule has 3 heterocycles. The highest BCUT2D eigenvalue weighted by atomic mass is 32.2. The van der Waals surface area contributed by atoms with Gasteiger partial charge in [-0.3, -0.25) is 4.98 Å². The van der Waals surface area contributed by atoms with Gasteiger partial charge in [-0.15, -0.1) is 0 Å². The summed E-state index contributed by atoms with van der Waals surface area (Å²) < 4.78 is 26.4. The normalized spacial score (nSPS) is 28.2. The lowest BCUT2D eigenvalue weighted by Crippen LogP contribution is -2.45. The van der Waals surface area contributed by atoms with Crippen LogP contribution in [0.5, 0.6) is 0 Å². The summed E-state index contributed by atoms with van der Waals surface area (Å²) in [4.78, 5) is 6.28. The molecule has 21 heavy (non-hydrogen) atoms. The standard InChI is InChI=1S/C14H21N3O3S/c18-14(11-16-7-1-2-8-16)5-9-17(12-14)21(19,20)13-4-3-6-15-10-13/h3-4,6,10,18H,1-2,5,7-9,11-12H2. The van der Waals surface area contributed by atoms with E-state index in [1.54, 1.807) is 18.3 Å². The zero-order valence-corrected chi connectivity index (χ0v) is 12.8. The second-order valence-electron chi connectivity index (χ2n) is 5.98. The van der Waals surface area contributed by atoms with Crippen molar-refractivity contribution in [3.05, 3.63) is 24.5 Å². The Balaban J connectivity index is 1.71. The maximum absolute atomic E-state index is 12.5. The van der Waals surface area contributed by atoms with Crippen molar-refractivity contribution in [3.63, 3.8) is 0 Å². The maximum Gasteiger partial charge on any atom is 0.244 e. The van der Waals surface area contributed by atoms with Crippen LogP contribution in [-0.2, 0) is 10.0 Å². The molecule has 2 aliphatic heterocycles. The van der Waals surface area contributed by atoms with Crippen LogP contribution in [0, 0.1) is 0 Å². The summed E-state index contributed by atoms with van der Waals surface area (Å²) in [5, 5.41) is 10.7. The number of nitrogens with zero attached hydrogens (tertiary/aromatic N) is 3. The molecule has 1 N–H and O–H groups in total. The Morgan fingerprint density at radius 3 is 2.71 bits per heavy atom. The van der Waals surface area contributed by atoms with E-state index in [1.807, 2.05) is 0 Å². The quantitative estimate of drug-likeness (QED) is 0.866. The van der Waals surface area contributed by atoms with Crippen molar-refractivity contribution >= 4 is 10.0 Å². The van der Waals surface area contributed by atoms with Crippen LogP contribution in [0.15, 0.2) is 29.4 Å². The fraction of sp³-hybridized carbons (Fsp3) is 0.643. The predicted octanol–water partition coefficient (Wildman–Crippen LogP) is 0.303. The Labute approximate surface area is 125 Å². The molecule has 1 unspecified atom stereocenters. The summed E-state index contributed by atoms with van der Waals surface area (Å²) in [6.45, 7) is 3.09. The van der Waals surface area contributed by atoms with E-state index in [-0.39, 0.29) is 11.4 Å². The number of likely N-dealkylation sites (tertiary alicyclic amines) is 1. The number of hydrogen-bond acceptors (Lipinski definition) is 5. The van der Waals surface area contributed by atoms with Gasteiger partial charge in [-0.05, 0) is 44.5 Å². The molecule has 2 fully saturated rings. The molecule has 0 saturated carbocycles. The second-order valence-corrected chi connectivity index (χ2v) is 7.92. The van der Waals surface area contributed by atoms with E-state index in [1.165, 1.54) is 10.5 Å². The van der Waals surface area contributed by atoms with Gasteiger partial charge in [0.25, 0.3) is 0 Å². The van der Waals surface area contributed by atoms with Gasteiger partial charge in [0.15, 0.2) is 0 Å². The Morgan fingerprint density at radius 1 is 1.29 bits per heavy atom. The molecule has 1 aromatic heterocycles. The van der Waals surface area contributed by atoms with Crippen LogP contribution >= 0.6 is 0 Å². The van der Waals surface area contributed by atoms with Gasteiger partial charge < -0.3 is 10.0 Å². The number of β-amino-alcohol motifs (C(OH)–C–C–N with tert-alkyl or cyclic N) is 1. The van der Waals surface area contributed by atoms with Crippen molar-refractivity contribution in [2.24, 2.45) is 0 Å². The van der Waals surface area contributed by atoms with Gasteiger partial charge in [0, 0.05) is 32.0 Å². The molecule has 0 aliphatic carbocycles. The smallest absolute Gasteiger partial charge is 0.244 e. The summed E-state index contributed by atoms with van der Waals surface area (Å²) in [6.07, 6.45) is 5.71. The molecule has 6 nitrogen and oxygen atoms in total. The first-order chi connectivity index (χ1) is 10.00. The molecular formula is C14H21N3O3S. The Bertz CT molecular complexity index is 587. The highest BCUT2D eigenvalue weighted by molar-refractivity contribution is 7.89. The molecule has 0 spiro atoms. The predicted molar refractivity (Wildman–Crippen MR) is 78.2 cm³/mol. The molecule has 1 atom stereocenters. The monoisotopic (exact) mass is 311 g/mol. The van der Waals surface area contributed by atoms with Crippen LogP contribution in [0.2, 0.25) is 0 Å². The van der Waals surface area contributed by atoms with Crippen LogP contribution in [0.3, 0.4) is 0 Å². The summed E-state index contributed by atoms with van der Waals surface area (Å²) in [6, 6.07) is 3.15. The molecule has 1 aromatic rings. The number of hydrogen-bond donors (Lipinski definition) is 1. The van der Waals surface area contributed by atoms with Crippen LogP contribution in [0.25, 0.3) is 0 Å². The summed E-state index contributed by atoms with van der Waals surface area (Å²) in [5.74, 6) is 0. The van der Waals surface area contributed by atoms with Gasteiger partial charge in [0.05, 0.1) is 5.60 Å². The van der Waals surface area contributed by atoms with E-state index >= 15 is 0 Å². The first-order valence-electron chi connectivity index (χ1n) is 7.35. The van der Waals surface area contributed by atoms with Gasteiger partial charge in [-0.1, -0.05) is 0 Å². The highest BCUT2D eigenvalue weighted by Gasteiger charge is 2.42. The number of rotatable bonds is 4. The van der Waals surface area contributed by atoms with Gasteiger partial charge in [0.2, 0.25) is 10.0 Å². The third-order valence-electron chi connectivity index (χ3n) is 4.29. The Hall–Kier alpha value is -1.02. The third kappa shape index (κ3) is 3.11. The fourth-order valence-corrected chi connectivity index (χ4v) is 4.64. The van der Waals surface area contributed by atoms with E-state index in [0.29, 0.717) is 19.5 Å². The lowest BCUT2D eigenvalue weighted by Gasteiger charge is -2.28. The molecule has 2 aliphatic rings. The van der Waals surface area contributed by atoms with Crippen molar-refractivity contribution in [3.8, 4) is 0 Å². The maximum atomic E-state index is 12.5. The number of pyridine rings is 1. The van der Waals surface area contributed by atoms with E-state index in [0.717, 1.165) is 25.9 Å². The Kier molecular flexibility index (Phi) is 4.00. The zero-order valence-electron chi connectivity index (χ0n) is 12.0. The minimum absolute atomic E-state index is 0.167. The molecule has 116 valence electrons. The summed E-state index contributed by atoms with van der Waals surface area (Å²) in [5.41, 5.74) is -0.931. The molecule has 0 amide bonds. The topological polar surface area (TPSA) is 73.7 Å². The lowest BCUT2D eigenvalue weighted by atomic mass is 10.0. The molecule has 0 radical (unpaired) electrons. The van der Waals surface area contributed by atoms with E-state index in [2.05, 4.69) is 9.88 Å². The summed E-state index contributed by atoms with van der Waals surface area (Å²) >= 11 is 0. The second kappa shape index (κ2) is 5.64. The van der Waals surface area contributed by atoms with E-state index in [9.17, 15) is 13.5 Å². The first-order valence-corrected chi connectivity index (χ1v) is 8.79. The van der Waals surface area contributed by atoms with Gasteiger partial charge in [-0.25, -0.2) is 8.42 Å². The van der Waals surface area contributed by atoms with Crippen LogP contribution in [-0.4, -0.2) is 66.0 Å². The molecule has 7 heteroatoms. The molecule has 0 aromatic carbocycles. The Morgan fingerprint density at radius 2 is 2.05 bits per heavy atom. The number of sulfonamides is 1. The van der Waals surface area contributed by atoms with Gasteiger partial charge in [0.1, 0.15) is 4.90 Å². The molecule has 0 bridgehead atoms. The van der Waals surface area contributed by atoms with Crippen molar-refractivity contribution < 1.29 is 13.5 Å². The SMILES string of the molecule is O=S(=O)(c1cccnc1)N1CCC(O)(CN2CCCC2)C1. The lowest BCUT2D eigenvalue weighted by molar-refractivity contribution is 0.0232. The van der Waals surface area contributed by atoms with Crippen molar-refractivity contribution in [2.45, 2.75) is 29.8 Å². The van der Waals surface area contributed by atoms with Crippen LogP contribution in [0.4, 0.5) is 0 Å². The number of aromatic nitrogens is 1. The molecule has 3 rings (SSSR count).